The monoisotopic (exact) mass is 269 g/mol. The second kappa shape index (κ2) is 5.92. The van der Waals surface area contributed by atoms with Gasteiger partial charge in [0.1, 0.15) is 7.22 Å². The maximum Gasteiger partial charge on any atom is 0.109 e. The summed E-state index contributed by atoms with van der Waals surface area (Å²) >= 11 is 2.27. The normalized spacial score (nSPS) is 30.1. The number of aliphatic imine (C=N–C) groups is 1. The van der Waals surface area contributed by atoms with Crippen molar-refractivity contribution in [1.29, 1.82) is 0 Å². The Morgan fingerprint density at radius 2 is 1.71 bits per heavy atom. The van der Waals surface area contributed by atoms with Crippen molar-refractivity contribution in [2.24, 2.45) is 4.99 Å². The molecule has 98 valence electrons. The van der Waals surface area contributed by atoms with Crippen LogP contribution in [0.25, 0.3) is 0 Å². The van der Waals surface area contributed by atoms with E-state index in [9.17, 15) is 0 Å². The van der Waals surface area contributed by atoms with Crippen molar-refractivity contribution in [3.05, 3.63) is 0 Å². The lowest BCUT2D eigenvalue weighted by atomic mass is 9.96. The number of hydrogen-bond donors (Lipinski definition) is 0. The van der Waals surface area contributed by atoms with Crippen LogP contribution in [0.1, 0.15) is 51.4 Å². The average molecular weight is 270 g/mol. The smallest absolute Gasteiger partial charge is 0.109 e. The summed E-state index contributed by atoms with van der Waals surface area (Å²) in [5.41, 5.74) is 1.57. The number of rotatable bonds is 3. The molecule has 1 nitrogen and oxygen atoms in total. The van der Waals surface area contributed by atoms with E-state index in [1.165, 1.54) is 51.4 Å². The Morgan fingerprint density at radius 3 is 2.35 bits per heavy atom. The van der Waals surface area contributed by atoms with Crippen molar-refractivity contribution in [3.63, 3.8) is 0 Å². The van der Waals surface area contributed by atoms with Crippen LogP contribution in [0.3, 0.4) is 0 Å². The van der Waals surface area contributed by atoms with Gasteiger partial charge in [-0.05, 0) is 32.1 Å². The van der Waals surface area contributed by atoms with Crippen LogP contribution in [0.2, 0.25) is 19.6 Å². The lowest BCUT2D eigenvalue weighted by Gasteiger charge is -2.24. The molecule has 0 aliphatic heterocycles. The van der Waals surface area contributed by atoms with Gasteiger partial charge in [0.25, 0.3) is 0 Å². The third-order valence-electron chi connectivity index (χ3n) is 3.69. The van der Waals surface area contributed by atoms with E-state index >= 15 is 0 Å². The standard InChI is InChI=1S/C14H27NSSi/c1-17(2,3)16-14-11-7-10-13(14)15-12-8-5-4-6-9-12/h12,14H,4-11H2,1-3H3. The first kappa shape index (κ1) is 13.7. The predicted octanol–water partition coefficient (Wildman–Crippen LogP) is 4.88. The molecule has 17 heavy (non-hydrogen) atoms. The SMILES string of the molecule is C[Si](C)(C)SC1CCCC1=NC1CCCCC1. The number of nitrogens with zero attached hydrogens (tertiary/aromatic N) is 1. The average Bonchev–Trinajstić information content (AvgIpc) is 2.65. The topological polar surface area (TPSA) is 12.4 Å². The van der Waals surface area contributed by atoms with Crippen LogP contribution >= 0.6 is 11.2 Å². The molecular formula is C14H27NSSi. The van der Waals surface area contributed by atoms with Gasteiger partial charge in [-0.2, -0.15) is 11.2 Å². The second-order valence-electron chi connectivity index (χ2n) is 6.52. The fourth-order valence-corrected chi connectivity index (χ4v) is 7.72. The lowest BCUT2D eigenvalue weighted by Crippen LogP contribution is -2.24. The van der Waals surface area contributed by atoms with Crippen LogP contribution in [0, 0.1) is 0 Å². The minimum Gasteiger partial charge on any atom is -0.290 e. The van der Waals surface area contributed by atoms with Gasteiger partial charge in [-0.15, -0.1) is 0 Å². The van der Waals surface area contributed by atoms with E-state index in [0.29, 0.717) is 6.04 Å². The summed E-state index contributed by atoms with van der Waals surface area (Å²) in [6, 6.07) is 0.682. The Bertz CT molecular complexity index is 276. The molecule has 0 aromatic rings. The zero-order chi connectivity index (χ0) is 12.3. The molecular weight excluding hydrogens is 242 g/mol. The van der Waals surface area contributed by atoms with Gasteiger partial charge in [0.05, 0.1) is 0 Å². The van der Waals surface area contributed by atoms with Crippen molar-refractivity contribution >= 4 is 24.1 Å². The largest absolute Gasteiger partial charge is 0.290 e. The predicted molar refractivity (Wildman–Crippen MR) is 82.9 cm³/mol. The minimum absolute atomic E-state index is 0.682. The van der Waals surface area contributed by atoms with Gasteiger partial charge in [-0.1, -0.05) is 38.9 Å². The van der Waals surface area contributed by atoms with Crippen molar-refractivity contribution < 1.29 is 0 Å². The van der Waals surface area contributed by atoms with Crippen LogP contribution < -0.4 is 0 Å². The molecule has 2 aliphatic carbocycles. The van der Waals surface area contributed by atoms with Gasteiger partial charge < -0.3 is 0 Å². The van der Waals surface area contributed by atoms with Crippen molar-refractivity contribution in [2.75, 3.05) is 0 Å². The maximum atomic E-state index is 5.12. The molecule has 3 heteroatoms. The molecule has 0 aromatic carbocycles. The van der Waals surface area contributed by atoms with E-state index in [1.54, 1.807) is 5.71 Å². The van der Waals surface area contributed by atoms with Crippen LogP contribution in [0.5, 0.6) is 0 Å². The zero-order valence-corrected chi connectivity index (χ0v) is 13.5. The summed E-state index contributed by atoms with van der Waals surface area (Å²) < 4.78 is 0. The molecule has 0 spiro atoms. The Kier molecular flexibility index (Phi) is 4.76. The summed E-state index contributed by atoms with van der Waals surface area (Å²) in [6.45, 7) is 7.40. The van der Waals surface area contributed by atoms with Crippen molar-refractivity contribution in [2.45, 2.75) is 82.3 Å². The number of hydrogen-bond acceptors (Lipinski definition) is 2. The highest BCUT2D eigenvalue weighted by atomic mass is 32.4. The molecule has 0 radical (unpaired) electrons. The maximum absolute atomic E-state index is 5.12. The Hall–Kier alpha value is 0.237. The fraction of sp³-hybridized carbons (Fsp3) is 0.929. The van der Waals surface area contributed by atoms with Crippen LogP contribution in [0.15, 0.2) is 4.99 Å². The second-order valence-corrected chi connectivity index (χ2v) is 15.9. The highest BCUT2D eigenvalue weighted by Crippen LogP contribution is 2.35. The van der Waals surface area contributed by atoms with Gasteiger partial charge >= 0.3 is 0 Å². The van der Waals surface area contributed by atoms with Gasteiger partial charge in [0, 0.05) is 17.0 Å². The molecule has 0 bridgehead atoms. The van der Waals surface area contributed by atoms with Gasteiger partial charge in [-0.25, -0.2) is 0 Å². The molecule has 2 fully saturated rings. The summed E-state index contributed by atoms with van der Waals surface area (Å²) in [4.78, 5) is 5.12. The van der Waals surface area contributed by atoms with E-state index in [-0.39, 0.29) is 0 Å². The first-order valence-corrected chi connectivity index (χ1v) is 12.4. The molecule has 1 atom stereocenters. The van der Waals surface area contributed by atoms with Gasteiger partial charge in [0.15, 0.2) is 0 Å². The van der Waals surface area contributed by atoms with Crippen molar-refractivity contribution in [1.82, 2.24) is 0 Å². The zero-order valence-electron chi connectivity index (χ0n) is 11.7. The molecule has 2 aliphatic rings. The third kappa shape index (κ3) is 4.44. The molecule has 0 heterocycles. The fourth-order valence-electron chi connectivity index (χ4n) is 2.94. The molecule has 1 unspecified atom stereocenters. The Balaban J connectivity index is 1.95. The van der Waals surface area contributed by atoms with E-state index in [0.717, 1.165) is 5.25 Å². The van der Waals surface area contributed by atoms with E-state index in [1.807, 2.05) is 0 Å². The Labute approximate surface area is 112 Å². The summed E-state index contributed by atoms with van der Waals surface area (Å²) in [7, 11) is -0.994. The van der Waals surface area contributed by atoms with Gasteiger partial charge in [0.2, 0.25) is 0 Å². The molecule has 2 rings (SSSR count). The first-order chi connectivity index (χ1) is 8.04. The van der Waals surface area contributed by atoms with E-state index in [4.69, 9.17) is 4.99 Å². The molecule has 0 aromatic heterocycles. The van der Waals surface area contributed by atoms with Crippen molar-refractivity contribution in [3.8, 4) is 0 Å². The van der Waals surface area contributed by atoms with Crippen LogP contribution in [0.4, 0.5) is 0 Å². The summed E-state index contributed by atoms with van der Waals surface area (Å²) in [6.07, 6.45) is 11.0. The highest BCUT2D eigenvalue weighted by Gasteiger charge is 2.29. The lowest BCUT2D eigenvalue weighted by molar-refractivity contribution is 0.443. The van der Waals surface area contributed by atoms with E-state index < -0.39 is 7.22 Å². The third-order valence-corrected chi connectivity index (χ3v) is 8.16. The van der Waals surface area contributed by atoms with Crippen LogP contribution in [-0.2, 0) is 0 Å². The van der Waals surface area contributed by atoms with Crippen LogP contribution in [-0.4, -0.2) is 24.2 Å². The minimum atomic E-state index is -0.994. The molecule has 2 saturated carbocycles. The van der Waals surface area contributed by atoms with E-state index in [2.05, 4.69) is 30.9 Å². The quantitative estimate of drug-likeness (QED) is 0.665. The van der Waals surface area contributed by atoms with Gasteiger partial charge in [-0.3, -0.25) is 4.99 Å². The summed E-state index contributed by atoms with van der Waals surface area (Å²) in [5, 5.41) is 0.781. The molecule has 0 N–H and O–H groups in total. The highest BCUT2D eigenvalue weighted by molar-refractivity contribution is 8.29. The Morgan fingerprint density at radius 1 is 1.00 bits per heavy atom. The molecule has 0 amide bonds. The first-order valence-electron chi connectivity index (χ1n) is 7.29. The summed E-state index contributed by atoms with van der Waals surface area (Å²) in [5.74, 6) is 0. The molecule has 0 saturated heterocycles.